The highest BCUT2D eigenvalue weighted by atomic mass is 79.9. The zero-order valence-corrected chi connectivity index (χ0v) is 11.8. The number of nitrogens with zero attached hydrogens (tertiary/aromatic N) is 2. The van der Waals surface area contributed by atoms with Crippen LogP contribution in [0.4, 0.5) is 19.0 Å². The van der Waals surface area contributed by atoms with Gasteiger partial charge in [0.05, 0.1) is 5.56 Å². The van der Waals surface area contributed by atoms with Gasteiger partial charge in [0.15, 0.2) is 0 Å². The number of aromatic nitrogens is 1. The van der Waals surface area contributed by atoms with Crippen molar-refractivity contribution in [2.24, 2.45) is 0 Å². The van der Waals surface area contributed by atoms with Gasteiger partial charge in [-0.2, -0.15) is 13.2 Å². The molecule has 0 bridgehead atoms. The van der Waals surface area contributed by atoms with Gasteiger partial charge in [0.1, 0.15) is 5.82 Å². The lowest BCUT2D eigenvalue weighted by molar-refractivity contribution is -0.137. The zero-order valence-electron chi connectivity index (χ0n) is 10.2. The van der Waals surface area contributed by atoms with Crippen LogP contribution in [0.1, 0.15) is 12.5 Å². The van der Waals surface area contributed by atoms with Crippen molar-refractivity contribution in [3.63, 3.8) is 0 Å². The van der Waals surface area contributed by atoms with Crippen LogP contribution in [-0.2, 0) is 6.18 Å². The van der Waals surface area contributed by atoms with E-state index in [4.69, 9.17) is 0 Å². The lowest BCUT2D eigenvalue weighted by atomic mass is 10.2. The summed E-state index contributed by atoms with van der Waals surface area (Å²) in [5, 5.41) is 2.72. The Kier molecular flexibility index (Phi) is 5.40. The number of hydrogen-bond acceptors (Lipinski definition) is 3. The highest BCUT2D eigenvalue weighted by Crippen LogP contribution is 2.35. The van der Waals surface area contributed by atoms with Crippen LogP contribution in [0.2, 0.25) is 0 Å². The van der Waals surface area contributed by atoms with E-state index in [-0.39, 0.29) is 5.82 Å². The van der Waals surface area contributed by atoms with Crippen molar-refractivity contribution >= 4 is 21.7 Å². The van der Waals surface area contributed by atoms with E-state index in [9.17, 15) is 13.2 Å². The maximum Gasteiger partial charge on any atom is 0.419 e. The monoisotopic (exact) mass is 325 g/mol. The lowest BCUT2D eigenvalue weighted by Gasteiger charge is -2.17. The number of alkyl halides is 3. The molecule has 0 aliphatic rings. The molecule has 1 N–H and O–H groups in total. The Morgan fingerprint density at radius 2 is 2.11 bits per heavy atom. The summed E-state index contributed by atoms with van der Waals surface area (Å²) in [6.45, 7) is 3.91. The molecule has 0 saturated carbocycles. The summed E-state index contributed by atoms with van der Waals surface area (Å²) in [5.41, 5.74) is -0.754. The summed E-state index contributed by atoms with van der Waals surface area (Å²) in [5.74, 6) is -0.129. The van der Waals surface area contributed by atoms with Gasteiger partial charge in [-0.25, -0.2) is 4.98 Å². The van der Waals surface area contributed by atoms with Crippen molar-refractivity contribution in [2.45, 2.75) is 13.1 Å². The van der Waals surface area contributed by atoms with E-state index in [0.29, 0.717) is 17.6 Å². The molecule has 18 heavy (non-hydrogen) atoms. The predicted molar refractivity (Wildman–Crippen MR) is 68.6 cm³/mol. The SMILES string of the molecule is CCN(C)CCNc1ncc(Br)cc1C(F)(F)F. The molecule has 0 aliphatic heterocycles. The molecule has 0 radical (unpaired) electrons. The molecule has 1 aromatic rings. The lowest BCUT2D eigenvalue weighted by Crippen LogP contribution is -2.25. The Balaban J connectivity index is 2.76. The van der Waals surface area contributed by atoms with Crippen molar-refractivity contribution in [1.29, 1.82) is 0 Å². The van der Waals surface area contributed by atoms with Gasteiger partial charge in [-0.1, -0.05) is 6.92 Å². The molecule has 3 nitrogen and oxygen atoms in total. The smallest absolute Gasteiger partial charge is 0.368 e. The van der Waals surface area contributed by atoms with E-state index < -0.39 is 11.7 Å². The van der Waals surface area contributed by atoms with Crippen molar-refractivity contribution in [1.82, 2.24) is 9.88 Å². The number of rotatable bonds is 5. The molecule has 0 atom stereocenters. The Labute approximate surface area is 113 Å². The van der Waals surface area contributed by atoms with Gasteiger partial charge in [-0.05, 0) is 35.6 Å². The first kappa shape index (κ1) is 15.2. The third-order valence-corrected chi connectivity index (χ3v) is 2.92. The summed E-state index contributed by atoms with van der Waals surface area (Å²) in [7, 11) is 1.90. The third-order valence-electron chi connectivity index (χ3n) is 2.49. The van der Waals surface area contributed by atoms with Gasteiger partial charge in [-0.3, -0.25) is 0 Å². The van der Waals surface area contributed by atoms with Crippen molar-refractivity contribution in [3.8, 4) is 0 Å². The molecule has 0 spiro atoms. The summed E-state index contributed by atoms with van der Waals surface area (Å²) in [6.07, 6.45) is -3.06. The molecule has 7 heteroatoms. The first-order valence-corrected chi connectivity index (χ1v) is 6.29. The van der Waals surface area contributed by atoms with E-state index in [0.717, 1.165) is 12.6 Å². The third kappa shape index (κ3) is 4.45. The second-order valence-electron chi connectivity index (χ2n) is 3.87. The van der Waals surface area contributed by atoms with Crippen molar-refractivity contribution in [3.05, 3.63) is 22.3 Å². The second-order valence-corrected chi connectivity index (χ2v) is 4.79. The van der Waals surface area contributed by atoms with Gasteiger partial charge >= 0.3 is 6.18 Å². The molecule has 0 amide bonds. The maximum atomic E-state index is 12.8. The van der Waals surface area contributed by atoms with Gasteiger partial charge in [-0.15, -0.1) is 0 Å². The highest BCUT2D eigenvalue weighted by molar-refractivity contribution is 9.10. The summed E-state index contributed by atoms with van der Waals surface area (Å²) in [6, 6.07) is 1.03. The first-order chi connectivity index (χ1) is 8.34. The average Bonchev–Trinajstić information content (AvgIpc) is 2.29. The number of hydrogen-bond donors (Lipinski definition) is 1. The number of pyridine rings is 1. The summed E-state index contributed by atoms with van der Waals surface area (Å²) >= 11 is 2.99. The zero-order chi connectivity index (χ0) is 13.8. The van der Waals surface area contributed by atoms with Crippen LogP contribution in [-0.4, -0.2) is 36.6 Å². The molecule has 1 rings (SSSR count). The predicted octanol–water partition coefficient (Wildman–Crippen LogP) is 3.23. The van der Waals surface area contributed by atoms with Crippen LogP contribution in [0, 0.1) is 0 Å². The molecule has 0 aromatic carbocycles. The van der Waals surface area contributed by atoms with Crippen molar-refractivity contribution in [2.75, 3.05) is 32.0 Å². The van der Waals surface area contributed by atoms with E-state index in [1.807, 2.05) is 18.9 Å². The number of nitrogens with one attached hydrogen (secondary N) is 1. The van der Waals surface area contributed by atoms with E-state index in [1.54, 1.807) is 0 Å². The van der Waals surface area contributed by atoms with Gasteiger partial charge in [0.2, 0.25) is 0 Å². The molecule has 102 valence electrons. The largest absolute Gasteiger partial charge is 0.419 e. The minimum absolute atomic E-state index is 0.129. The summed E-state index contributed by atoms with van der Waals surface area (Å²) < 4.78 is 38.6. The fourth-order valence-electron chi connectivity index (χ4n) is 1.32. The van der Waals surface area contributed by atoms with Crippen LogP contribution in [0.15, 0.2) is 16.7 Å². The fourth-order valence-corrected chi connectivity index (χ4v) is 1.65. The summed E-state index contributed by atoms with van der Waals surface area (Å²) in [4.78, 5) is 5.77. The van der Waals surface area contributed by atoms with Crippen LogP contribution < -0.4 is 5.32 Å². The van der Waals surface area contributed by atoms with Crippen LogP contribution in [0.3, 0.4) is 0 Å². The Bertz CT molecular complexity index is 396. The fraction of sp³-hybridized carbons (Fsp3) is 0.545. The van der Waals surface area contributed by atoms with Crippen molar-refractivity contribution < 1.29 is 13.2 Å². The Morgan fingerprint density at radius 1 is 1.44 bits per heavy atom. The Morgan fingerprint density at radius 3 is 2.67 bits per heavy atom. The molecule has 0 saturated heterocycles. The number of likely N-dealkylation sites (N-methyl/N-ethyl adjacent to an activating group) is 1. The minimum atomic E-state index is -4.41. The maximum absolute atomic E-state index is 12.8. The van der Waals surface area contributed by atoms with Gasteiger partial charge < -0.3 is 10.2 Å². The number of halogens is 4. The van der Waals surface area contributed by atoms with Crippen LogP contribution in [0.25, 0.3) is 0 Å². The van der Waals surface area contributed by atoms with E-state index >= 15 is 0 Å². The molecule has 0 unspecified atom stereocenters. The standard InChI is InChI=1S/C11H15BrF3N3/c1-3-18(2)5-4-16-10-9(11(13,14)15)6-8(12)7-17-10/h6-7H,3-5H2,1-2H3,(H,16,17). The molecule has 1 aromatic heterocycles. The average molecular weight is 326 g/mol. The molecule has 1 heterocycles. The van der Waals surface area contributed by atoms with E-state index in [2.05, 4.69) is 26.2 Å². The molecular weight excluding hydrogens is 311 g/mol. The minimum Gasteiger partial charge on any atom is -0.368 e. The van der Waals surface area contributed by atoms with Crippen LogP contribution in [0.5, 0.6) is 0 Å². The van der Waals surface area contributed by atoms with E-state index in [1.165, 1.54) is 6.20 Å². The molecule has 0 fully saturated rings. The van der Waals surface area contributed by atoms with Gasteiger partial charge in [0.25, 0.3) is 0 Å². The van der Waals surface area contributed by atoms with Gasteiger partial charge in [0, 0.05) is 23.8 Å². The van der Waals surface area contributed by atoms with Crippen LogP contribution >= 0.6 is 15.9 Å². The Hall–Kier alpha value is -0.820. The highest BCUT2D eigenvalue weighted by Gasteiger charge is 2.34. The first-order valence-electron chi connectivity index (χ1n) is 5.49. The normalized spacial score (nSPS) is 11.9. The topological polar surface area (TPSA) is 28.2 Å². The molecular formula is C11H15BrF3N3. The quantitative estimate of drug-likeness (QED) is 0.900. The number of anilines is 1. The second kappa shape index (κ2) is 6.38. The molecule has 0 aliphatic carbocycles.